The minimum absolute atomic E-state index is 0.206. The Hall–Kier alpha value is -0.590. The summed E-state index contributed by atoms with van der Waals surface area (Å²) in [5.74, 6) is -0.296. The van der Waals surface area contributed by atoms with Crippen LogP contribution in [0, 0.1) is 17.2 Å². The minimum Gasteiger partial charge on any atom is -0.386 e. The van der Waals surface area contributed by atoms with E-state index in [1.807, 2.05) is 13.8 Å². The molecule has 3 unspecified atom stereocenters. The predicted molar refractivity (Wildman–Crippen MR) is 44.4 cm³/mol. The highest BCUT2D eigenvalue weighted by atomic mass is 16.5. The zero-order valence-corrected chi connectivity index (χ0v) is 7.58. The highest BCUT2D eigenvalue weighted by molar-refractivity contribution is 5.03. The lowest BCUT2D eigenvalue weighted by Crippen LogP contribution is -2.43. The van der Waals surface area contributed by atoms with Gasteiger partial charge in [0.05, 0.1) is 18.1 Å². The van der Waals surface area contributed by atoms with Gasteiger partial charge in [0.15, 0.2) is 0 Å². The maximum atomic E-state index is 10.1. The lowest BCUT2D eigenvalue weighted by Gasteiger charge is -2.29. The van der Waals surface area contributed by atoms with Gasteiger partial charge >= 0.3 is 0 Å². The van der Waals surface area contributed by atoms with E-state index in [0.717, 1.165) is 0 Å². The largest absolute Gasteiger partial charge is 0.386 e. The van der Waals surface area contributed by atoms with Crippen LogP contribution in [-0.2, 0) is 4.74 Å². The Kier molecular flexibility index (Phi) is 2.71. The quantitative estimate of drug-likeness (QED) is 0.672. The maximum Gasteiger partial charge on any atom is 0.108 e. The van der Waals surface area contributed by atoms with Crippen molar-refractivity contribution in [3.05, 3.63) is 0 Å². The minimum atomic E-state index is -0.913. The first kappa shape index (κ1) is 9.50. The summed E-state index contributed by atoms with van der Waals surface area (Å²) in [6, 6.07) is 2.13. The van der Waals surface area contributed by atoms with E-state index >= 15 is 0 Å². The molecule has 12 heavy (non-hydrogen) atoms. The van der Waals surface area contributed by atoms with E-state index in [1.54, 1.807) is 0 Å². The Morgan fingerprint density at radius 3 is 2.83 bits per heavy atom. The number of ether oxygens (including phenoxy) is 1. The summed E-state index contributed by atoms with van der Waals surface area (Å²) in [5.41, 5.74) is -0.913. The van der Waals surface area contributed by atoms with Crippen LogP contribution < -0.4 is 0 Å². The number of hydrogen-bond acceptors (Lipinski definition) is 3. The second-order valence-electron chi connectivity index (χ2n) is 3.34. The van der Waals surface area contributed by atoms with Crippen LogP contribution in [0.3, 0.4) is 0 Å². The van der Waals surface area contributed by atoms with Crippen molar-refractivity contribution >= 4 is 0 Å². The molecule has 1 saturated heterocycles. The summed E-state index contributed by atoms with van der Waals surface area (Å²) in [4.78, 5) is 0. The summed E-state index contributed by atoms with van der Waals surface area (Å²) in [6.07, 6.45) is 1.06. The van der Waals surface area contributed by atoms with Gasteiger partial charge in [-0.1, -0.05) is 6.92 Å². The lowest BCUT2D eigenvalue weighted by atomic mass is 9.81. The Labute approximate surface area is 73.0 Å². The number of nitriles is 1. The fraction of sp³-hybridized carbons (Fsp3) is 0.889. The Morgan fingerprint density at radius 1 is 1.83 bits per heavy atom. The van der Waals surface area contributed by atoms with Crippen molar-refractivity contribution in [2.45, 2.75) is 38.4 Å². The molecule has 3 atom stereocenters. The molecule has 1 rings (SSSR count). The molecule has 0 bridgehead atoms. The van der Waals surface area contributed by atoms with E-state index in [-0.39, 0.29) is 12.0 Å². The molecule has 1 aliphatic heterocycles. The van der Waals surface area contributed by atoms with E-state index in [2.05, 4.69) is 6.07 Å². The highest BCUT2D eigenvalue weighted by Crippen LogP contribution is 2.34. The number of hydrogen-bond donors (Lipinski definition) is 1. The van der Waals surface area contributed by atoms with Gasteiger partial charge in [-0.3, -0.25) is 0 Å². The third-order valence-corrected chi connectivity index (χ3v) is 2.74. The zero-order valence-electron chi connectivity index (χ0n) is 7.58. The van der Waals surface area contributed by atoms with Gasteiger partial charge in [0.2, 0.25) is 0 Å². The lowest BCUT2D eigenvalue weighted by molar-refractivity contribution is -0.0549. The predicted octanol–water partition coefficient (Wildman–Crippen LogP) is 1.08. The molecule has 0 aromatic heterocycles. The van der Waals surface area contributed by atoms with Crippen LogP contribution >= 0.6 is 0 Å². The van der Waals surface area contributed by atoms with Crippen molar-refractivity contribution in [1.29, 1.82) is 5.26 Å². The van der Waals surface area contributed by atoms with Crippen LogP contribution in [-0.4, -0.2) is 23.4 Å². The fourth-order valence-electron chi connectivity index (χ4n) is 1.76. The second-order valence-corrected chi connectivity index (χ2v) is 3.34. The maximum absolute atomic E-state index is 10.1. The molecule has 0 aliphatic carbocycles. The molecule has 68 valence electrons. The molecular formula is C9H15NO2. The summed E-state index contributed by atoms with van der Waals surface area (Å²) in [5, 5.41) is 18.9. The van der Waals surface area contributed by atoms with Crippen LogP contribution in [0.1, 0.15) is 26.7 Å². The van der Waals surface area contributed by atoms with Crippen molar-refractivity contribution in [1.82, 2.24) is 0 Å². The second kappa shape index (κ2) is 3.42. The number of aliphatic hydroxyl groups is 1. The first-order valence-electron chi connectivity index (χ1n) is 4.38. The first-order chi connectivity index (χ1) is 5.65. The first-order valence-corrected chi connectivity index (χ1v) is 4.38. The average molecular weight is 169 g/mol. The molecule has 0 aromatic carbocycles. The standard InChI is InChI=1S/C9H15NO2/c1-3-8(6-10)9(11)4-5-12-7(9)2/h7-8,11H,3-5H2,1-2H3. The molecule has 1 heterocycles. The molecule has 1 aliphatic rings. The van der Waals surface area contributed by atoms with Gasteiger partial charge in [-0.05, 0) is 13.3 Å². The van der Waals surface area contributed by atoms with E-state index in [4.69, 9.17) is 10.00 Å². The Bertz CT molecular complexity index is 199. The summed E-state index contributed by atoms with van der Waals surface area (Å²) in [7, 11) is 0. The van der Waals surface area contributed by atoms with Crippen LogP contribution in [0.2, 0.25) is 0 Å². The van der Waals surface area contributed by atoms with Crippen molar-refractivity contribution in [2.24, 2.45) is 5.92 Å². The zero-order chi connectivity index (χ0) is 9.19. The van der Waals surface area contributed by atoms with Crippen LogP contribution in [0.4, 0.5) is 0 Å². The molecule has 3 nitrogen and oxygen atoms in total. The van der Waals surface area contributed by atoms with Crippen molar-refractivity contribution in [3.63, 3.8) is 0 Å². The van der Waals surface area contributed by atoms with E-state index < -0.39 is 5.60 Å². The van der Waals surface area contributed by atoms with E-state index in [9.17, 15) is 5.11 Å². The van der Waals surface area contributed by atoms with E-state index in [0.29, 0.717) is 19.4 Å². The van der Waals surface area contributed by atoms with Gasteiger partial charge in [-0.15, -0.1) is 0 Å². The van der Waals surface area contributed by atoms with Gasteiger partial charge < -0.3 is 9.84 Å². The normalized spacial score (nSPS) is 37.7. The smallest absolute Gasteiger partial charge is 0.108 e. The van der Waals surface area contributed by atoms with Gasteiger partial charge in [0.1, 0.15) is 5.60 Å². The van der Waals surface area contributed by atoms with Gasteiger partial charge in [0, 0.05) is 13.0 Å². The average Bonchev–Trinajstić information content (AvgIpc) is 2.36. The molecule has 0 aromatic rings. The third-order valence-electron chi connectivity index (χ3n) is 2.74. The van der Waals surface area contributed by atoms with Crippen molar-refractivity contribution in [2.75, 3.05) is 6.61 Å². The Morgan fingerprint density at radius 2 is 2.50 bits per heavy atom. The molecule has 1 N–H and O–H groups in total. The molecule has 0 amide bonds. The van der Waals surface area contributed by atoms with Crippen LogP contribution in [0.25, 0.3) is 0 Å². The van der Waals surface area contributed by atoms with Gasteiger partial charge in [-0.2, -0.15) is 5.26 Å². The summed E-state index contributed by atoms with van der Waals surface area (Å²) < 4.78 is 5.25. The van der Waals surface area contributed by atoms with E-state index in [1.165, 1.54) is 0 Å². The monoisotopic (exact) mass is 169 g/mol. The van der Waals surface area contributed by atoms with Gasteiger partial charge in [0.25, 0.3) is 0 Å². The van der Waals surface area contributed by atoms with Crippen molar-refractivity contribution in [3.8, 4) is 6.07 Å². The summed E-state index contributed by atoms with van der Waals surface area (Å²) in [6.45, 7) is 4.31. The van der Waals surface area contributed by atoms with Crippen molar-refractivity contribution < 1.29 is 9.84 Å². The molecule has 3 heteroatoms. The molecule has 0 spiro atoms. The summed E-state index contributed by atoms with van der Waals surface area (Å²) >= 11 is 0. The third kappa shape index (κ3) is 1.33. The fourth-order valence-corrected chi connectivity index (χ4v) is 1.76. The molecule has 0 radical (unpaired) electrons. The Balaban J connectivity index is 2.76. The topological polar surface area (TPSA) is 53.2 Å². The molecule has 1 fully saturated rings. The van der Waals surface area contributed by atoms with Crippen LogP contribution in [0.15, 0.2) is 0 Å². The number of rotatable bonds is 2. The SMILES string of the molecule is CCC(C#N)C1(O)CCOC1C. The van der Waals surface area contributed by atoms with Crippen LogP contribution in [0.5, 0.6) is 0 Å². The number of nitrogens with zero attached hydrogens (tertiary/aromatic N) is 1. The molecular weight excluding hydrogens is 154 g/mol. The highest BCUT2D eigenvalue weighted by Gasteiger charge is 2.45. The van der Waals surface area contributed by atoms with Gasteiger partial charge in [-0.25, -0.2) is 0 Å². The molecule has 0 saturated carbocycles.